The molecule has 2 unspecified atom stereocenters. The molecule has 0 radical (unpaired) electrons. The van der Waals surface area contributed by atoms with Gasteiger partial charge in [0.1, 0.15) is 23.4 Å². The quantitative estimate of drug-likeness (QED) is 0.482. The van der Waals surface area contributed by atoms with Crippen molar-refractivity contribution in [1.82, 2.24) is 9.88 Å². The van der Waals surface area contributed by atoms with Gasteiger partial charge in [-0.05, 0) is 36.5 Å². The number of nitrogens with zero attached hydrogens (tertiary/aromatic N) is 3. The van der Waals surface area contributed by atoms with Gasteiger partial charge in [0.15, 0.2) is 5.78 Å². The minimum Gasteiger partial charge on any atom is -0.494 e. The molecule has 1 aromatic carbocycles. The van der Waals surface area contributed by atoms with E-state index in [0.29, 0.717) is 48.4 Å². The number of aromatic nitrogens is 1. The molecular weight excluding hydrogens is 536 g/mol. The number of β-amino-alcohol motifs (C(OH)–C–C–N with tert-alkyl or cyclic N) is 1. The number of nitrogens with one attached hydrogen (secondary N) is 1. The van der Waals surface area contributed by atoms with Crippen molar-refractivity contribution in [2.75, 3.05) is 38.8 Å². The average Bonchev–Trinajstić information content (AvgIpc) is 3.56. The number of hydrogen-bond donors (Lipinski definition) is 2. The van der Waals surface area contributed by atoms with Gasteiger partial charge in [0.2, 0.25) is 0 Å². The number of pyridine rings is 1. The molecule has 1 saturated heterocycles. The van der Waals surface area contributed by atoms with Crippen molar-refractivity contribution in [1.29, 1.82) is 5.41 Å². The lowest BCUT2D eigenvalue weighted by atomic mass is 9.84. The molecule has 2 N–H and O–H groups in total. The molecule has 3 heterocycles. The van der Waals surface area contributed by atoms with Crippen LogP contribution < -0.4 is 9.64 Å². The fourth-order valence-corrected chi connectivity index (χ4v) is 5.24. The largest absolute Gasteiger partial charge is 0.494 e. The first-order valence-corrected chi connectivity index (χ1v) is 12.7. The smallest absolute Gasteiger partial charge is 0.182 e. The Hall–Kier alpha value is -2.49. The maximum Gasteiger partial charge on any atom is 0.182 e. The number of carbonyl (C=O) groups excluding carboxylic acids is 1. The predicted molar refractivity (Wildman–Crippen MR) is 149 cm³/mol. The van der Waals surface area contributed by atoms with Gasteiger partial charge in [-0.2, -0.15) is 0 Å². The Kier molecular flexibility index (Phi) is 7.70. The number of ketones is 1. The summed E-state index contributed by atoms with van der Waals surface area (Å²) in [6.07, 6.45) is 1.41. The van der Waals surface area contributed by atoms with Crippen LogP contribution in [0.4, 0.5) is 5.69 Å². The minimum atomic E-state index is -0.617. The topological polar surface area (TPSA) is 99.0 Å². The Labute approximate surface area is 229 Å². The number of rotatable bonds is 7. The van der Waals surface area contributed by atoms with E-state index < -0.39 is 6.10 Å². The van der Waals surface area contributed by atoms with Crippen LogP contribution >= 0.6 is 17.0 Å². The van der Waals surface area contributed by atoms with Crippen molar-refractivity contribution in [2.45, 2.75) is 63.7 Å². The minimum absolute atomic E-state index is 0. The maximum atomic E-state index is 13.6. The first kappa shape index (κ1) is 27.5. The Bertz CT molecular complexity index is 1210. The zero-order valence-corrected chi connectivity index (χ0v) is 23.9. The zero-order chi connectivity index (χ0) is 25.8. The Morgan fingerprint density at radius 3 is 2.51 bits per heavy atom. The summed E-state index contributed by atoms with van der Waals surface area (Å²) in [7, 11) is 3.24. The summed E-state index contributed by atoms with van der Waals surface area (Å²) in [4.78, 5) is 22.2. The van der Waals surface area contributed by atoms with Crippen LogP contribution in [0.3, 0.4) is 0 Å². The molecule has 2 atom stereocenters. The van der Waals surface area contributed by atoms with Crippen molar-refractivity contribution < 1.29 is 19.4 Å². The highest BCUT2D eigenvalue weighted by Gasteiger charge is 2.36. The number of aliphatic hydroxyl groups excluding tert-OH is 1. The summed E-state index contributed by atoms with van der Waals surface area (Å²) in [5, 5.41) is 19.1. The number of amidine groups is 1. The van der Waals surface area contributed by atoms with E-state index in [1.165, 1.54) is 0 Å². The fraction of sp³-hybridized carbons (Fsp3) is 0.536. The van der Waals surface area contributed by atoms with Crippen LogP contribution in [0.15, 0.2) is 24.3 Å². The fourth-order valence-electron chi connectivity index (χ4n) is 5.24. The van der Waals surface area contributed by atoms with Gasteiger partial charge in [-0.3, -0.25) is 10.2 Å². The summed E-state index contributed by atoms with van der Waals surface area (Å²) < 4.78 is 11.3. The van der Waals surface area contributed by atoms with E-state index in [9.17, 15) is 9.90 Å². The molecule has 2 fully saturated rings. The molecule has 0 bridgehead atoms. The lowest BCUT2D eigenvalue weighted by Crippen LogP contribution is -2.31. The van der Waals surface area contributed by atoms with Gasteiger partial charge in [-0.1, -0.05) is 26.8 Å². The van der Waals surface area contributed by atoms with E-state index in [2.05, 4.69) is 32.9 Å². The number of aliphatic hydroxyl groups is 1. The van der Waals surface area contributed by atoms with E-state index >= 15 is 0 Å². The third-order valence-electron chi connectivity index (χ3n) is 7.52. The summed E-state index contributed by atoms with van der Waals surface area (Å²) in [5.41, 5.74) is 4.77. The Balaban J connectivity index is 0.00000320. The first-order chi connectivity index (χ1) is 17.1. The van der Waals surface area contributed by atoms with Crippen LogP contribution in [0, 0.1) is 5.41 Å². The third-order valence-corrected chi connectivity index (χ3v) is 7.52. The SMILES string of the molecule is Br.COc1c(N2CC(O)C(OC)C2)cc(C(=O)CN2Cc3ccc(C4CC4)nc3C2=N)cc1C(C)(C)C. The molecular formula is C28H37BrN4O4. The van der Waals surface area contributed by atoms with E-state index in [0.717, 1.165) is 35.3 Å². The second kappa shape index (κ2) is 10.3. The molecule has 37 heavy (non-hydrogen) atoms. The van der Waals surface area contributed by atoms with Crippen molar-refractivity contribution >= 4 is 34.3 Å². The van der Waals surface area contributed by atoms with E-state index in [1.807, 2.05) is 17.0 Å². The summed E-state index contributed by atoms with van der Waals surface area (Å²) >= 11 is 0. The van der Waals surface area contributed by atoms with E-state index in [4.69, 9.17) is 19.9 Å². The van der Waals surface area contributed by atoms with Crippen LogP contribution in [0.2, 0.25) is 0 Å². The zero-order valence-electron chi connectivity index (χ0n) is 22.2. The number of hydrogen-bond acceptors (Lipinski definition) is 7. The van der Waals surface area contributed by atoms with Gasteiger partial charge in [-0.15, -0.1) is 17.0 Å². The monoisotopic (exact) mass is 572 g/mol. The number of benzene rings is 1. The molecule has 1 saturated carbocycles. The molecule has 0 spiro atoms. The number of Topliss-reactive ketones (excluding diaryl/α,β-unsaturated/α-hetero) is 1. The van der Waals surface area contributed by atoms with Crippen LogP contribution in [0.25, 0.3) is 0 Å². The van der Waals surface area contributed by atoms with Crippen LogP contribution in [0.1, 0.15) is 72.4 Å². The maximum absolute atomic E-state index is 13.6. The van der Waals surface area contributed by atoms with Crippen molar-refractivity contribution in [3.8, 4) is 5.75 Å². The summed E-state index contributed by atoms with van der Waals surface area (Å²) in [6.45, 7) is 7.81. The molecule has 1 aliphatic carbocycles. The molecule has 0 amide bonds. The summed E-state index contributed by atoms with van der Waals surface area (Å²) in [6, 6.07) is 7.90. The second-order valence-corrected chi connectivity index (χ2v) is 11.2. The molecule has 2 aliphatic heterocycles. The molecule has 2 aromatic rings. The number of halogens is 1. The first-order valence-electron chi connectivity index (χ1n) is 12.7. The van der Waals surface area contributed by atoms with Crippen molar-refractivity contribution in [3.05, 3.63) is 52.3 Å². The van der Waals surface area contributed by atoms with E-state index in [-0.39, 0.29) is 40.8 Å². The number of carbonyl (C=O) groups is 1. The second-order valence-electron chi connectivity index (χ2n) is 11.2. The standard InChI is InChI=1S/C28H36N4O4.BrH/c1-28(2,3)19-10-18(11-21(26(19)36-5)31-14-23(34)24(15-31)35-4)22(33)13-32-12-17-8-9-20(16-6-7-16)30-25(17)27(32)29;/h8-11,16,23-24,29,34H,6-7,12-15H2,1-5H3;1H. The summed E-state index contributed by atoms with van der Waals surface area (Å²) in [5.74, 6) is 1.49. The Morgan fingerprint density at radius 1 is 1.19 bits per heavy atom. The number of fused-ring (bicyclic) bond motifs is 1. The van der Waals surface area contributed by atoms with Gasteiger partial charge in [0.25, 0.3) is 0 Å². The molecule has 9 heteroatoms. The number of anilines is 1. The normalized spacial score (nSPS) is 21.2. The molecule has 5 rings (SSSR count). The van der Waals surface area contributed by atoms with Crippen LogP contribution in [-0.2, 0) is 16.7 Å². The van der Waals surface area contributed by atoms with Crippen LogP contribution in [0.5, 0.6) is 5.75 Å². The van der Waals surface area contributed by atoms with Gasteiger partial charge < -0.3 is 24.4 Å². The molecule has 8 nitrogen and oxygen atoms in total. The lowest BCUT2D eigenvalue weighted by molar-refractivity contribution is 0.0217. The van der Waals surface area contributed by atoms with Crippen LogP contribution in [-0.4, -0.2) is 72.7 Å². The van der Waals surface area contributed by atoms with Crippen molar-refractivity contribution in [2.24, 2.45) is 0 Å². The predicted octanol–water partition coefficient (Wildman–Crippen LogP) is 4.06. The number of methoxy groups -OCH3 is 2. The average molecular weight is 574 g/mol. The van der Waals surface area contributed by atoms with Gasteiger partial charge in [0, 0.05) is 55.0 Å². The van der Waals surface area contributed by atoms with Gasteiger partial charge >= 0.3 is 0 Å². The molecule has 1 aromatic heterocycles. The highest BCUT2D eigenvalue weighted by Crippen LogP contribution is 2.42. The van der Waals surface area contributed by atoms with Gasteiger partial charge in [-0.25, -0.2) is 4.98 Å². The van der Waals surface area contributed by atoms with Gasteiger partial charge in [0.05, 0.1) is 25.4 Å². The molecule has 3 aliphatic rings. The third kappa shape index (κ3) is 5.26. The Morgan fingerprint density at radius 2 is 1.92 bits per heavy atom. The highest BCUT2D eigenvalue weighted by atomic mass is 79.9. The highest BCUT2D eigenvalue weighted by molar-refractivity contribution is 8.93. The van der Waals surface area contributed by atoms with E-state index in [1.54, 1.807) is 19.1 Å². The molecule has 200 valence electrons. The lowest BCUT2D eigenvalue weighted by Gasteiger charge is -2.29. The van der Waals surface area contributed by atoms with Crippen molar-refractivity contribution in [3.63, 3.8) is 0 Å². The number of ether oxygens (including phenoxy) is 2.